The van der Waals surface area contributed by atoms with E-state index in [4.69, 9.17) is 0 Å². The summed E-state index contributed by atoms with van der Waals surface area (Å²) in [6.45, 7) is 1.97. The Kier molecular flexibility index (Phi) is 6.13. The molecule has 0 spiro atoms. The zero-order chi connectivity index (χ0) is 17.6. The van der Waals surface area contributed by atoms with E-state index in [1.54, 1.807) is 6.07 Å². The molecule has 2 N–H and O–H groups in total. The standard InChI is InChI=1S/C19H25N3O2S/c1-13(18-21-16-11-7-6-10-15(16)19(24)22-18)25-12-17(23)20-14-8-4-2-3-5-9-14/h6-7,10-11,13-14H,2-5,8-9,12H2,1H3,(H,20,23)(H,21,22,24)/t13-/m0/s1. The van der Waals surface area contributed by atoms with E-state index in [0.29, 0.717) is 28.5 Å². The highest BCUT2D eigenvalue weighted by Gasteiger charge is 2.17. The molecule has 1 heterocycles. The number of para-hydroxylation sites is 1. The van der Waals surface area contributed by atoms with Crippen LogP contribution in [0.5, 0.6) is 0 Å². The predicted octanol–water partition coefficient (Wildman–Crippen LogP) is 3.56. The van der Waals surface area contributed by atoms with Crippen molar-refractivity contribution >= 4 is 28.6 Å². The highest BCUT2D eigenvalue weighted by Crippen LogP contribution is 2.25. The molecule has 6 heteroatoms. The molecule has 0 aliphatic heterocycles. The van der Waals surface area contributed by atoms with Gasteiger partial charge >= 0.3 is 0 Å². The maximum Gasteiger partial charge on any atom is 0.258 e. The summed E-state index contributed by atoms with van der Waals surface area (Å²) < 4.78 is 0. The molecule has 1 aliphatic carbocycles. The average Bonchev–Trinajstić information content (AvgIpc) is 2.88. The van der Waals surface area contributed by atoms with Gasteiger partial charge in [0.2, 0.25) is 5.91 Å². The van der Waals surface area contributed by atoms with Crippen LogP contribution in [-0.2, 0) is 4.79 Å². The molecule has 1 aromatic heterocycles. The molecule has 0 radical (unpaired) electrons. The summed E-state index contributed by atoms with van der Waals surface area (Å²) in [5.41, 5.74) is 0.563. The van der Waals surface area contributed by atoms with Crippen molar-refractivity contribution in [3.8, 4) is 0 Å². The lowest BCUT2D eigenvalue weighted by Crippen LogP contribution is -2.35. The third kappa shape index (κ3) is 4.84. The number of aromatic amines is 1. The van der Waals surface area contributed by atoms with E-state index < -0.39 is 0 Å². The Balaban J connectivity index is 1.57. The van der Waals surface area contributed by atoms with E-state index in [1.807, 2.05) is 25.1 Å². The van der Waals surface area contributed by atoms with Crippen molar-refractivity contribution in [3.05, 3.63) is 40.4 Å². The van der Waals surface area contributed by atoms with Gasteiger partial charge in [0, 0.05) is 6.04 Å². The summed E-state index contributed by atoms with van der Waals surface area (Å²) in [5, 5.41) is 3.70. The van der Waals surface area contributed by atoms with Crippen molar-refractivity contribution in [1.29, 1.82) is 0 Å². The van der Waals surface area contributed by atoms with Crippen LogP contribution in [0.4, 0.5) is 0 Å². The first-order valence-corrected chi connectivity index (χ1v) is 10.1. The third-order valence-corrected chi connectivity index (χ3v) is 5.85. The molecular formula is C19H25N3O2S. The SMILES string of the molecule is C[C@H](SCC(=O)NC1CCCCCC1)c1nc2ccccc2c(=O)[nH]1. The van der Waals surface area contributed by atoms with E-state index in [1.165, 1.54) is 37.4 Å². The number of rotatable bonds is 5. The van der Waals surface area contributed by atoms with Crippen molar-refractivity contribution < 1.29 is 4.79 Å². The topological polar surface area (TPSA) is 74.8 Å². The summed E-state index contributed by atoms with van der Waals surface area (Å²) in [4.78, 5) is 31.7. The van der Waals surface area contributed by atoms with Gasteiger partial charge in [0.15, 0.2) is 0 Å². The first-order valence-electron chi connectivity index (χ1n) is 9.03. The molecule has 0 saturated heterocycles. The van der Waals surface area contributed by atoms with Crippen LogP contribution in [0, 0.1) is 0 Å². The molecule has 5 nitrogen and oxygen atoms in total. The number of hydrogen-bond acceptors (Lipinski definition) is 4. The van der Waals surface area contributed by atoms with Crippen LogP contribution >= 0.6 is 11.8 Å². The van der Waals surface area contributed by atoms with Gasteiger partial charge in [0.25, 0.3) is 5.56 Å². The number of nitrogens with one attached hydrogen (secondary N) is 2. The second-order valence-corrected chi connectivity index (χ2v) is 8.01. The Morgan fingerprint density at radius 2 is 2.00 bits per heavy atom. The molecule has 3 rings (SSSR count). The molecule has 1 aliphatic rings. The van der Waals surface area contributed by atoms with Gasteiger partial charge < -0.3 is 10.3 Å². The second kappa shape index (κ2) is 8.52. The minimum Gasteiger partial charge on any atom is -0.353 e. The Morgan fingerprint density at radius 3 is 2.76 bits per heavy atom. The number of hydrogen-bond donors (Lipinski definition) is 2. The quantitative estimate of drug-likeness (QED) is 0.801. The molecule has 1 atom stereocenters. The van der Waals surface area contributed by atoms with Crippen molar-refractivity contribution in [3.63, 3.8) is 0 Å². The predicted molar refractivity (Wildman–Crippen MR) is 103 cm³/mol. The van der Waals surface area contributed by atoms with Crippen molar-refractivity contribution in [2.45, 2.75) is 56.7 Å². The van der Waals surface area contributed by atoms with Crippen LogP contribution in [0.2, 0.25) is 0 Å². The number of carbonyl (C=O) groups excluding carboxylic acids is 1. The van der Waals surface area contributed by atoms with E-state index in [-0.39, 0.29) is 16.7 Å². The minimum absolute atomic E-state index is 0.0443. The van der Waals surface area contributed by atoms with E-state index in [0.717, 1.165) is 12.8 Å². The molecule has 0 unspecified atom stereocenters. The Hall–Kier alpha value is -1.82. The van der Waals surface area contributed by atoms with Crippen LogP contribution in [-0.4, -0.2) is 27.7 Å². The highest BCUT2D eigenvalue weighted by atomic mass is 32.2. The van der Waals surface area contributed by atoms with Crippen molar-refractivity contribution in [2.75, 3.05) is 5.75 Å². The summed E-state index contributed by atoms with van der Waals surface area (Å²) in [7, 11) is 0. The normalized spacial score (nSPS) is 17.2. The summed E-state index contributed by atoms with van der Waals surface area (Å²) in [6.07, 6.45) is 7.14. The molecular weight excluding hydrogens is 334 g/mol. The lowest BCUT2D eigenvalue weighted by atomic mass is 10.1. The monoisotopic (exact) mass is 359 g/mol. The summed E-state index contributed by atoms with van der Waals surface area (Å²) in [6, 6.07) is 7.63. The number of amides is 1. The fourth-order valence-electron chi connectivity index (χ4n) is 3.27. The average molecular weight is 359 g/mol. The minimum atomic E-state index is -0.129. The first-order chi connectivity index (χ1) is 12.1. The van der Waals surface area contributed by atoms with Gasteiger partial charge in [-0.2, -0.15) is 0 Å². The lowest BCUT2D eigenvalue weighted by molar-refractivity contribution is -0.119. The Labute approximate surface area is 152 Å². The zero-order valence-electron chi connectivity index (χ0n) is 14.6. The van der Waals surface area contributed by atoms with Crippen LogP contribution in [0.1, 0.15) is 56.5 Å². The number of fused-ring (bicyclic) bond motifs is 1. The molecule has 0 bridgehead atoms. The Bertz CT molecular complexity index is 782. The molecule has 1 saturated carbocycles. The maximum atomic E-state index is 12.2. The summed E-state index contributed by atoms with van der Waals surface area (Å²) in [5.74, 6) is 1.08. The van der Waals surface area contributed by atoms with Crippen LogP contribution in [0.25, 0.3) is 10.9 Å². The third-order valence-electron chi connectivity index (χ3n) is 4.70. The number of aromatic nitrogens is 2. The zero-order valence-corrected chi connectivity index (χ0v) is 15.4. The first kappa shape index (κ1) is 18.0. The molecule has 134 valence electrons. The molecule has 1 amide bonds. The molecule has 25 heavy (non-hydrogen) atoms. The van der Waals surface area contributed by atoms with Gasteiger partial charge in [-0.25, -0.2) is 4.98 Å². The number of nitrogens with zero attached hydrogens (tertiary/aromatic N) is 1. The fraction of sp³-hybridized carbons (Fsp3) is 0.526. The van der Waals surface area contributed by atoms with Gasteiger partial charge in [-0.3, -0.25) is 9.59 Å². The van der Waals surface area contributed by atoms with Gasteiger partial charge in [-0.1, -0.05) is 37.8 Å². The van der Waals surface area contributed by atoms with Crippen molar-refractivity contribution in [1.82, 2.24) is 15.3 Å². The Morgan fingerprint density at radius 1 is 1.28 bits per heavy atom. The number of benzene rings is 1. The summed E-state index contributed by atoms with van der Waals surface area (Å²) >= 11 is 1.50. The largest absolute Gasteiger partial charge is 0.353 e. The van der Waals surface area contributed by atoms with Crippen LogP contribution in [0.3, 0.4) is 0 Å². The van der Waals surface area contributed by atoms with Crippen LogP contribution < -0.4 is 10.9 Å². The number of carbonyl (C=O) groups is 1. The van der Waals surface area contributed by atoms with Crippen LogP contribution in [0.15, 0.2) is 29.1 Å². The molecule has 1 fully saturated rings. The lowest BCUT2D eigenvalue weighted by Gasteiger charge is -2.17. The van der Waals surface area contributed by atoms with E-state index in [9.17, 15) is 9.59 Å². The highest BCUT2D eigenvalue weighted by molar-refractivity contribution is 8.00. The van der Waals surface area contributed by atoms with Gasteiger partial charge in [0.05, 0.1) is 21.9 Å². The maximum absolute atomic E-state index is 12.2. The fourth-order valence-corrected chi connectivity index (χ4v) is 4.02. The van der Waals surface area contributed by atoms with E-state index in [2.05, 4.69) is 15.3 Å². The van der Waals surface area contributed by atoms with Gasteiger partial charge in [-0.15, -0.1) is 11.8 Å². The van der Waals surface area contributed by atoms with Crippen molar-refractivity contribution in [2.24, 2.45) is 0 Å². The molecule has 2 aromatic rings. The number of H-pyrrole nitrogens is 1. The van der Waals surface area contributed by atoms with E-state index >= 15 is 0 Å². The second-order valence-electron chi connectivity index (χ2n) is 6.68. The smallest absolute Gasteiger partial charge is 0.258 e. The van der Waals surface area contributed by atoms with Gasteiger partial charge in [-0.05, 0) is 31.9 Å². The van der Waals surface area contributed by atoms with Gasteiger partial charge in [0.1, 0.15) is 5.82 Å². The molecule has 1 aromatic carbocycles. The number of thioether (sulfide) groups is 1.